The molecular weight excluding hydrogens is 322 g/mol. The Kier molecular flexibility index (Phi) is 4.31. The van der Waals surface area contributed by atoms with Crippen molar-refractivity contribution in [3.8, 4) is 0 Å². The monoisotopic (exact) mass is 357 g/mol. The zero-order chi connectivity index (χ0) is 18.7. The molecule has 1 N–H and O–H groups in total. The average molecular weight is 358 g/mol. The van der Waals surface area contributed by atoms with Crippen molar-refractivity contribution in [1.82, 2.24) is 0 Å². The Morgan fingerprint density at radius 2 is 1.77 bits per heavy atom. The summed E-state index contributed by atoms with van der Waals surface area (Å²) >= 11 is 0. The molecule has 3 nitrogen and oxygen atoms in total. The molecule has 1 unspecified atom stereocenters. The normalized spacial score (nSPS) is 52.7. The number of hydrogen-bond donors (Lipinski definition) is 1. The number of aliphatic hydroxyl groups is 1. The first-order chi connectivity index (χ1) is 12.2. The smallest absolute Gasteiger partial charge is 0.287 e. The van der Waals surface area contributed by atoms with Gasteiger partial charge in [-0.25, -0.2) is 6.57 Å². The molecule has 0 saturated heterocycles. The second-order valence-electron chi connectivity index (χ2n) is 10.8. The van der Waals surface area contributed by atoms with E-state index in [4.69, 9.17) is 6.57 Å². The molecule has 0 aromatic carbocycles. The summed E-state index contributed by atoms with van der Waals surface area (Å²) in [5, 5.41) is 10.5. The van der Waals surface area contributed by atoms with Crippen molar-refractivity contribution >= 4 is 6.29 Å². The molecule has 0 spiro atoms. The number of carbonyl (C=O) groups is 1. The molecule has 26 heavy (non-hydrogen) atoms. The van der Waals surface area contributed by atoms with E-state index >= 15 is 0 Å². The fraction of sp³-hybridized carbons (Fsp3) is 0.913. The number of aldehydes is 1. The van der Waals surface area contributed by atoms with Gasteiger partial charge in [0.05, 0.1) is 5.60 Å². The van der Waals surface area contributed by atoms with Gasteiger partial charge in [0.1, 0.15) is 0 Å². The lowest BCUT2D eigenvalue weighted by atomic mass is 9.48. The molecule has 9 atom stereocenters. The molecule has 4 fully saturated rings. The van der Waals surface area contributed by atoms with Crippen molar-refractivity contribution in [2.24, 2.45) is 40.9 Å². The van der Waals surface area contributed by atoms with Crippen LogP contribution in [-0.2, 0) is 4.79 Å². The van der Waals surface area contributed by atoms with Crippen LogP contribution in [0.25, 0.3) is 4.85 Å². The van der Waals surface area contributed by atoms with E-state index in [1.54, 1.807) is 0 Å². The Morgan fingerprint density at radius 1 is 1.04 bits per heavy atom. The van der Waals surface area contributed by atoms with Crippen LogP contribution >= 0.6 is 0 Å². The van der Waals surface area contributed by atoms with Crippen LogP contribution in [0.15, 0.2) is 0 Å². The Labute approximate surface area is 158 Å². The van der Waals surface area contributed by atoms with Gasteiger partial charge in [0, 0.05) is 12.8 Å². The van der Waals surface area contributed by atoms with E-state index in [1.807, 2.05) is 13.8 Å². The molecule has 0 heterocycles. The predicted molar refractivity (Wildman–Crippen MR) is 102 cm³/mol. The zero-order valence-corrected chi connectivity index (χ0v) is 16.7. The van der Waals surface area contributed by atoms with Gasteiger partial charge in [0.15, 0.2) is 0 Å². The largest absolute Gasteiger partial charge is 0.390 e. The van der Waals surface area contributed by atoms with E-state index in [1.165, 1.54) is 38.5 Å². The van der Waals surface area contributed by atoms with E-state index in [0.717, 1.165) is 43.3 Å². The summed E-state index contributed by atoms with van der Waals surface area (Å²) in [5.74, 6) is 4.03. The van der Waals surface area contributed by atoms with Crippen molar-refractivity contribution in [3.63, 3.8) is 0 Å². The predicted octanol–water partition coefficient (Wildman–Crippen LogP) is 4.88. The number of nitrogens with zero attached hydrogens (tertiary/aromatic N) is 1. The summed E-state index contributed by atoms with van der Waals surface area (Å²) in [6.45, 7) is 13.9. The van der Waals surface area contributed by atoms with E-state index < -0.39 is 11.1 Å². The second-order valence-corrected chi connectivity index (χ2v) is 10.8. The third-order valence-electron chi connectivity index (χ3n) is 9.42. The lowest BCUT2D eigenvalue weighted by molar-refractivity contribution is -0.118. The van der Waals surface area contributed by atoms with Crippen LogP contribution in [0.2, 0.25) is 0 Å². The van der Waals surface area contributed by atoms with Gasteiger partial charge < -0.3 is 9.95 Å². The Morgan fingerprint density at radius 3 is 2.46 bits per heavy atom. The lowest BCUT2D eigenvalue weighted by Crippen LogP contribution is -2.52. The molecule has 0 aliphatic heterocycles. The van der Waals surface area contributed by atoms with Gasteiger partial charge >= 0.3 is 0 Å². The summed E-state index contributed by atoms with van der Waals surface area (Å²) < 4.78 is 0. The van der Waals surface area contributed by atoms with Gasteiger partial charge in [-0.1, -0.05) is 6.92 Å². The summed E-state index contributed by atoms with van der Waals surface area (Å²) in [6.07, 6.45) is 11.4. The highest BCUT2D eigenvalue weighted by Crippen LogP contribution is 2.66. The van der Waals surface area contributed by atoms with Gasteiger partial charge in [0.25, 0.3) is 5.54 Å². The first-order valence-corrected chi connectivity index (χ1v) is 10.8. The molecule has 0 aromatic heterocycles. The van der Waals surface area contributed by atoms with Crippen molar-refractivity contribution < 1.29 is 9.90 Å². The third-order valence-corrected chi connectivity index (χ3v) is 9.42. The summed E-state index contributed by atoms with van der Waals surface area (Å²) in [4.78, 5) is 15.6. The highest BCUT2D eigenvalue weighted by Gasteiger charge is 2.63. The van der Waals surface area contributed by atoms with E-state index in [0.29, 0.717) is 11.8 Å². The summed E-state index contributed by atoms with van der Waals surface area (Å²) in [6, 6.07) is 0. The molecule has 4 rings (SSSR count). The SMILES string of the molecule is [C-]#[N+]C(C)(C=O)[C@H]1CC[C@H]2[C@@H]3CC[C@@H]4C[C@](C)(O)CC[C@@H]4[C@H]3CC[C@]12C. The maximum atomic E-state index is 11.8. The van der Waals surface area contributed by atoms with Gasteiger partial charge in [-0.15, -0.1) is 0 Å². The quantitative estimate of drug-likeness (QED) is 0.565. The second kappa shape index (κ2) is 6.06. The average Bonchev–Trinajstić information content (AvgIpc) is 2.97. The first kappa shape index (κ1) is 18.5. The lowest BCUT2D eigenvalue weighted by Gasteiger charge is -2.57. The van der Waals surface area contributed by atoms with E-state index in [2.05, 4.69) is 11.8 Å². The number of hydrogen-bond acceptors (Lipinski definition) is 2. The summed E-state index contributed by atoms with van der Waals surface area (Å²) in [5.41, 5.74) is -1.12. The fourth-order valence-electron chi connectivity index (χ4n) is 8.23. The van der Waals surface area contributed by atoms with Gasteiger partial charge in [-0.3, -0.25) is 4.79 Å². The Hall–Kier alpha value is -0.880. The van der Waals surface area contributed by atoms with Crippen molar-refractivity contribution in [2.45, 2.75) is 89.7 Å². The Bertz CT molecular complexity index is 622. The molecule has 4 saturated carbocycles. The van der Waals surface area contributed by atoms with Crippen LogP contribution in [-0.4, -0.2) is 22.5 Å². The standard InChI is InChI=1S/C23H35NO2/c1-21(26)11-9-16-15(13-21)5-6-18-17(16)10-12-22(2)19(18)7-8-20(22)23(3,14-25)24-4/h14-20,26H,5-13H2,1-3H3/t15-,16+,17-,18-,19+,20+,21-,22+,23?/m1/s1. The minimum absolute atomic E-state index is 0.161. The van der Waals surface area contributed by atoms with Crippen LogP contribution in [0.5, 0.6) is 0 Å². The maximum Gasteiger partial charge on any atom is 0.287 e. The van der Waals surface area contributed by atoms with Crippen molar-refractivity contribution in [1.29, 1.82) is 0 Å². The van der Waals surface area contributed by atoms with E-state index in [-0.39, 0.29) is 11.3 Å². The first-order valence-electron chi connectivity index (χ1n) is 10.8. The molecule has 0 bridgehead atoms. The van der Waals surface area contributed by atoms with Gasteiger partial charge in [-0.2, -0.15) is 0 Å². The minimum Gasteiger partial charge on any atom is -0.390 e. The minimum atomic E-state index is -0.836. The van der Waals surface area contributed by atoms with Crippen LogP contribution < -0.4 is 0 Å². The topological polar surface area (TPSA) is 41.7 Å². The van der Waals surface area contributed by atoms with Crippen LogP contribution in [0.4, 0.5) is 0 Å². The molecule has 3 heteroatoms. The van der Waals surface area contributed by atoms with Gasteiger partial charge in [-0.05, 0) is 99.7 Å². The molecule has 144 valence electrons. The highest BCUT2D eigenvalue weighted by atomic mass is 16.3. The van der Waals surface area contributed by atoms with Crippen molar-refractivity contribution in [2.75, 3.05) is 0 Å². The zero-order valence-electron chi connectivity index (χ0n) is 16.7. The molecule has 0 amide bonds. The van der Waals surface area contributed by atoms with Crippen LogP contribution in [0.1, 0.15) is 78.6 Å². The fourth-order valence-corrected chi connectivity index (χ4v) is 8.23. The van der Waals surface area contributed by atoms with E-state index in [9.17, 15) is 9.90 Å². The Balaban J connectivity index is 1.57. The number of carbonyl (C=O) groups excluding carboxylic acids is 1. The molecule has 0 radical (unpaired) electrons. The maximum absolute atomic E-state index is 11.8. The van der Waals surface area contributed by atoms with Gasteiger partial charge in [0.2, 0.25) is 6.29 Å². The molecule has 4 aliphatic rings. The summed E-state index contributed by atoms with van der Waals surface area (Å²) in [7, 11) is 0. The third kappa shape index (κ3) is 2.59. The van der Waals surface area contributed by atoms with Crippen LogP contribution in [0.3, 0.4) is 0 Å². The molecular formula is C23H35NO2. The van der Waals surface area contributed by atoms with Crippen LogP contribution in [0, 0.1) is 47.5 Å². The number of fused-ring (bicyclic) bond motifs is 5. The molecule has 0 aromatic rings. The van der Waals surface area contributed by atoms with Crippen molar-refractivity contribution in [3.05, 3.63) is 11.4 Å². The highest BCUT2D eigenvalue weighted by molar-refractivity contribution is 5.67. The number of rotatable bonds is 2. The molecule has 4 aliphatic carbocycles.